The molecule has 0 bridgehead atoms. The van der Waals surface area contributed by atoms with Crippen molar-refractivity contribution in [3.63, 3.8) is 0 Å². The first-order chi connectivity index (χ1) is 6.11. The van der Waals surface area contributed by atoms with Gasteiger partial charge in [0.15, 0.2) is 0 Å². The van der Waals surface area contributed by atoms with Crippen molar-refractivity contribution in [2.24, 2.45) is 5.73 Å². The number of nitrogens with two attached hydrogens (primary N) is 2. The molecule has 1 heterocycles. The van der Waals surface area contributed by atoms with Crippen LogP contribution in [0.1, 0.15) is 0 Å². The molecule has 0 saturated carbocycles. The van der Waals surface area contributed by atoms with Crippen LogP contribution in [0.25, 0.3) is 0 Å². The van der Waals surface area contributed by atoms with Gasteiger partial charge in [-0.15, -0.1) is 0 Å². The summed E-state index contributed by atoms with van der Waals surface area (Å²) < 4.78 is 0. The fourth-order valence-corrected chi connectivity index (χ4v) is 1.05. The van der Waals surface area contributed by atoms with E-state index in [1.165, 1.54) is 0 Å². The lowest BCUT2D eigenvalue weighted by atomic mass is 10.3. The van der Waals surface area contributed by atoms with Gasteiger partial charge >= 0.3 is 0 Å². The third-order valence-corrected chi connectivity index (χ3v) is 1.62. The van der Waals surface area contributed by atoms with Gasteiger partial charge in [0.25, 0.3) is 0 Å². The molecule has 70 valence electrons. The van der Waals surface area contributed by atoms with Gasteiger partial charge in [0, 0.05) is 13.2 Å². The van der Waals surface area contributed by atoms with Gasteiger partial charge in [-0.2, -0.15) is 0 Å². The van der Waals surface area contributed by atoms with Crippen LogP contribution in [-0.2, 0) is 4.79 Å². The van der Waals surface area contributed by atoms with Crippen molar-refractivity contribution in [1.29, 1.82) is 0 Å². The van der Waals surface area contributed by atoms with E-state index in [2.05, 4.69) is 4.98 Å². The summed E-state index contributed by atoms with van der Waals surface area (Å²) in [6.07, 6.45) is 1.59. The van der Waals surface area contributed by atoms with Gasteiger partial charge in [-0.3, -0.25) is 4.79 Å². The Hall–Kier alpha value is -1.78. The van der Waals surface area contributed by atoms with Crippen LogP contribution in [0.2, 0.25) is 0 Å². The molecule has 0 aliphatic rings. The molecule has 0 aromatic carbocycles. The zero-order valence-electron chi connectivity index (χ0n) is 7.40. The highest BCUT2D eigenvalue weighted by Crippen LogP contribution is 2.17. The molecule has 5 heteroatoms. The predicted molar refractivity (Wildman–Crippen MR) is 51.1 cm³/mol. The van der Waals surface area contributed by atoms with Gasteiger partial charge < -0.3 is 16.4 Å². The van der Waals surface area contributed by atoms with Crippen molar-refractivity contribution in [2.75, 3.05) is 24.2 Å². The summed E-state index contributed by atoms with van der Waals surface area (Å²) in [6.45, 7) is 0.135. The first-order valence-electron chi connectivity index (χ1n) is 3.81. The molecule has 1 aromatic rings. The van der Waals surface area contributed by atoms with Crippen molar-refractivity contribution >= 4 is 17.4 Å². The Bertz CT molecular complexity index is 313. The number of nitrogens with zero attached hydrogens (tertiary/aromatic N) is 2. The third-order valence-electron chi connectivity index (χ3n) is 1.62. The van der Waals surface area contributed by atoms with E-state index in [0.29, 0.717) is 11.5 Å². The SMILES string of the molecule is CN(CC(N)=O)c1cccnc1N. The number of primary amides is 1. The summed E-state index contributed by atoms with van der Waals surface area (Å²) in [4.78, 5) is 16.2. The van der Waals surface area contributed by atoms with Crippen LogP contribution in [0, 0.1) is 0 Å². The van der Waals surface area contributed by atoms with Gasteiger partial charge in [-0.1, -0.05) is 0 Å². The number of anilines is 2. The quantitative estimate of drug-likeness (QED) is 0.661. The maximum Gasteiger partial charge on any atom is 0.236 e. The highest BCUT2D eigenvalue weighted by Gasteiger charge is 2.06. The number of aromatic nitrogens is 1. The van der Waals surface area contributed by atoms with Crippen LogP contribution in [0.4, 0.5) is 11.5 Å². The second kappa shape index (κ2) is 3.75. The van der Waals surface area contributed by atoms with E-state index in [4.69, 9.17) is 11.5 Å². The Morgan fingerprint density at radius 1 is 1.69 bits per heavy atom. The number of likely N-dealkylation sites (N-methyl/N-ethyl adjacent to an activating group) is 1. The molecule has 0 aliphatic carbocycles. The first-order valence-corrected chi connectivity index (χ1v) is 3.81. The van der Waals surface area contributed by atoms with E-state index in [1.54, 1.807) is 30.3 Å². The average Bonchev–Trinajstić information content (AvgIpc) is 2.03. The number of carbonyl (C=O) groups is 1. The summed E-state index contributed by atoms with van der Waals surface area (Å²) in [5.41, 5.74) is 11.3. The Kier molecular flexibility index (Phi) is 2.69. The smallest absolute Gasteiger partial charge is 0.236 e. The van der Waals surface area contributed by atoms with Gasteiger partial charge in [-0.25, -0.2) is 4.98 Å². The molecule has 0 saturated heterocycles. The van der Waals surface area contributed by atoms with Crippen molar-refractivity contribution in [3.05, 3.63) is 18.3 Å². The molecule has 1 amide bonds. The van der Waals surface area contributed by atoms with Crippen molar-refractivity contribution in [1.82, 2.24) is 4.98 Å². The van der Waals surface area contributed by atoms with E-state index in [0.717, 1.165) is 0 Å². The zero-order valence-corrected chi connectivity index (χ0v) is 7.40. The number of amides is 1. The van der Waals surface area contributed by atoms with Gasteiger partial charge in [-0.05, 0) is 12.1 Å². The predicted octanol–water partition coefficient (Wildman–Crippen LogP) is -0.415. The second-order valence-corrected chi connectivity index (χ2v) is 2.73. The van der Waals surface area contributed by atoms with E-state index in [-0.39, 0.29) is 6.54 Å². The highest BCUT2D eigenvalue weighted by molar-refractivity contribution is 5.80. The fraction of sp³-hybridized carbons (Fsp3) is 0.250. The Morgan fingerprint density at radius 2 is 2.38 bits per heavy atom. The molecule has 0 aliphatic heterocycles. The van der Waals surface area contributed by atoms with Gasteiger partial charge in [0.1, 0.15) is 5.82 Å². The van der Waals surface area contributed by atoms with E-state index < -0.39 is 5.91 Å². The van der Waals surface area contributed by atoms with Crippen LogP contribution >= 0.6 is 0 Å². The minimum absolute atomic E-state index is 0.135. The minimum atomic E-state index is -0.397. The number of hydrogen-bond acceptors (Lipinski definition) is 4. The highest BCUT2D eigenvalue weighted by atomic mass is 16.1. The van der Waals surface area contributed by atoms with E-state index >= 15 is 0 Å². The molecule has 0 fully saturated rings. The molecule has 1 aromatic heterocycles. The number of carbonyl (C=O) groups excluding carboxylic acids is 1. The normalized spacial score (nSPS) is 9.62. The Labute approximate surface area is 76.3 Å². The summed E-state index contributed by atoms with van der Waals surface area (Å²) in [6, 6.07) is 3.54. The fourth-order valence-electron chi connectivity index (χ4n) is 1.05. The monoisotopic (exact) mass is 180 g/mol. The van der Waals surface area contributed by atoms with E-state index in [1.807, 2.05) is 0 Å². The molecule has 1 rings (SSSR count). The number of pyridine rings is 1. The molecule has 0 radical (unpaired) electrons. The van der Waals surface area contributed by atoms with Crippen LogP contribution in [-0.4, -0.2) is 24.5 Å². The summed E-state index contributed by atoms with van der Waals surface area (Å²) in [5, 5.41) is 0. The van der Waals surface area contributed by atoms with Crippen molar-refractivity contribution in [3.8, 4) is 0 Å². The molecular formula is C8H12N4O. The molecule has 4 N–H and O–H groups in total. The number of rotatable bonds is 3. The standard InChI is InChI=1S/C8H12N4O/c1-12(5-7(9)13)6-3-2-4-11-8(6)10/h2-4H,5H2,1H3,(H2,9,13)(H2,10,11). The molecule has 0 unspecified atom stereocenters. The van der Waals surface area contributed by atoms with E-state index in [9.17, 15) is 4.79 Å². The summed E-state index contributed by atoms with van der Waals surface area (Å²) >= 11 is 0. The van der Waals surface area contributed by atoms with Crippen LogP contribution in [0.5, 0.6) is 0 Å². The van der Waals surface area contributed by atoms with Gasteiger partial charge in [0.05, 0.1) is 12.2 Å². The van der Waals surface area contributed by atoms with Crippen LogP contribution in [0.15, 0.2) is 18.3 Å². The molecular weight excluding hydrogens is 168 g/mol. The lowest BCUT2D eigenvalue weighted by Crippen LogP contribution is -2.31. The average molecular weight is 180 g/mol. The molecule has 0 atom stereocenters. The zero-order chi connectivity index (χ0) is 9.84. The third kappa shape index (κ3) is 2.33. The van der Waals surface area contributed by atoms with Crippen LogP contribution < -0.4 is 16.4 Å². The van der Waals surface area contributed by atoms with Gasteiger partial charge in [0.2, 0.25) is 5.91 Å². The number of nitrogen functional groups attached to an aromatic ring is 1. The van der Waals surface area contributed by atoms with Crippen LogP contribution in [0.3, 0.4) is 0 Å². The lowest BCUT2D eigenvalue weighted by molar-refractivity contribution is -0.116. The second-order valence-electron chi connectivity index (χ2n) is 2.73. The molecule has 13 heavy (non-hydrogen) atoms. The largest absolute Gasteiger partial charge is 0.382 e. The lowest BCUT2D eigenvalue weighted by Gasteiger charge is -2.17. The van der Waals surface area contributed by atoms with Crippen molar-refractivity contribution in [2.45, 2.75) is 0 Å². The Balaban J connectivity index is 2.82. The van der Waals surface area contributed by atoms with Crippen molar-refractivity contribution < 1.29 is 4.79 Å². The number of hydrogen-bond donors (Lipinski definition) is 2. The topological polar surface area (TPSA) is 85.2 Å². The summed E-state index contributed by atoms with van der Waals surface area (Å²) in [7, 11) is 1.73. The summed E-state index contributed by atoms with van der Waals surface area (Å²) in [5.74, 6) is -0.00277. The first kappa shape index (κ1) is 9.31. The Morgan fingerprint density at radius 3 is 2.92 bits per heavy atom. The molecule has 5 nitrogen and oxygen atoms in total. The minimum Gasteiger partial charge on any atom is -0.382 e. The maximum absolute atomic E-state index is 10.6. The maximum atomic E-state index is 10.6. The molecule has 0 spiro atoms.